The van der Waals surface area contributed by atoms with Crippen molar-refractivity contribution in [3.05, 3.63) is 36.9 Å². The number of nitrogens with zero attached hydrogens (tertiary/aromatic N) is 1. The smallest absolute Gasteiger partial charge is 0.0897 e. The highest BCUT2D eigenvalue weighted by Gasteiger charge is 1.99. The minimum Gasteiger partial charge on any atom is -0.311 e. The molecule has 0 radical (unpaired) electrons. The Morgan fingerprint density at radius 3 is 2.81 bits per heavy atom. The highest BCUT2D eigenvalue weighted by Crippen LogP contribution is 2.22. The third kappa shape index (κ3) is 3.66. The van der Waals surface area contributed by atoms with Crippen molar-refractivity contribution in [2.24, 2.45) is 0 Å². The predicted molar refractivity (Wildman–Crippen MR) is 74.3 cm³/mol. The van der Waals surface area contributed by atoms with Crippen LogP contribution in [0.4, 0.5) is 0 Å². The summed E-state index contributed by atoms with van der Waals surface area (Å²) in [6, 6.07) is 4.28. The molecular weight excluding hydrogens is 304 g/mol. The predicted octanol–water partition coefficient (Wildman–Crippen LogP) is 3.61. The molecule has 2 aromatic rings. The summed E-state index contributed by atoms with van der Waals surface area (Å²) in [4.78, 5) is 6.96. The lowest BCUT2D eigenvalue weighted by Gasteiger charge is -2.00. The minimum atomic E-state index is 0.929. The van der Waals surface area contributed by atoms with Gasteiger partial charge < -0.3 is 5.32 Å². The number of thiazole rings is 1. The lowest BCUT2D eigenvalue weighted by Crippen LogP contribution is -2.15. The molecule has 0 bridgehead atoms. The molecule has 16 heavy (non-hydrogen) atoms. The van der Waals surface area contributed by atoms with Gasteiger partial charge in [-0.3, -0.25) is 0 Å². The van der Waals surface area contributed by atoms with E-state index in [9.17, 15) is 0 Å². The van der Waals surface area contributed by atoms with E-state index in [1.54, 1.807) is 22.7 Å². The topological polar surface area (TPSA) is 24.9 Å². The van der Waals surface area contributed by atoms with Gasteiger partial charge in [-0.1, -0.05) is 0 Å². The molecule has 0 amide bonds. The molecule has 0 fully saturated rings. The number of rotatable bonds is 5. The Bertz CT molecular complexity index is 408. The van der Waals surface area contributed by atoms with Gasteiger partial charge in [-0.2, -0.15) is 0 Å². The van der Waals surface area contributed by atoms with Crippen LogP contribution in [0.2, 0.25) is 0 Å². The number of aromatic nitrogens is 1. The van der Waals surface area contributed by atoms with Gasteiger partial charge in [0, 0.05) is 29.0 Å². The molecule has 0 aliphatic rings. The summed E-state index contributed by atoms with van der Waals surface area (Å²) in [5.41, 5.74) is 0. The highest BCUT2D eigenvalue weighted by atomic mass is 79.9. The molecule has 2 heterocycles. The van der Waals surface area contributed by atoms with Crippen molar-refractivity contribution in [1.82, 2.24) is 10.3 Å². The molecule has 0 unspecified atom stereocenters. The zero-order valence-corrected chi connectivity index (χ0v) is 12.2. The zero-order chi connectivity index (χ0) is 11.4. The van der Waals surface area contributed by atoms with Crippen LogP contribution in [0.15, 0.2) is 22.1 Å². The number of aryl methyl sites for hydroxylation is 1. The van der Waals surface area contributed by atoms with Crippen LogP contribution >= 0.6 is 38.6 Å². The van der Waals surface area contributed by atoms with Crippen molar-refractivity contribution in [3.8, 4) is 0 Å². The molecule has 86 valence electrons. The van der Waals surface area contributed by atoms with Gasteiger partial charge in [-0.15, -0.1) is 22.7 Å². The maximum Gasteiger partial charge on any atom is 0.0897 e. The summed E-state index contributed by atoms with van der Waals surface area (Å²) >= 11 is 7.04. The van der Waals surface area contributed by atoms with Crippen molar-refractivity contribution in [1.29, 1.82) is 0 Å². The van der Waals surface area contributed by atoms with Gasteiger partial charge in [-0.05, 0) is 41.4 Å². The molecule has 0 atom stereocenters. The summed E-state index contributed by atoms with van der Waals surface area (Å²) in [6.07, 6.45) is 3.04. The maximum atomic E-state index is 4.23. The second-order valence-electron chi connectivity index (χ2n) is 3.48. The molecule has 2 aromatic heterocycles. The molecular formula is C11H13BrN2S2. The van der Waals surface area contributed by atoms with Crippen LogP contribution in [-0.4, -0.2) is 11.5 Å². The number of thiophene rings is 1. The number of hydrogen-bond donors (Lipinski definition) is 1. The van der Waals surface area contributed by atoms with Crippen LogP contribution in [0.3, 0.4) is 0 Å². The minimum absolute atomic E-state index is 0.929. The summed E-state index contributed by atoms with van der Waals surface area (Å²) in [5.74, 6) is 0. The summed E-state index contributed by atoms with van der Waals surface area (Å²) in [7, 11) is 0. The lowest BCUT2D eigenvalue weighted by atomic mass is 10.3. The maximum absolute atomic E-state index is 4.23. The van der Waals surface area contributed by atoms with Crippen LogP contribution in [0, 0.1) is 6.92 Å². The summed E-state index contributed by atoms with van der Waals surface area (Å²) < 4.78 is 1.21. The van der Waals surface area contributed by atoms with Crippen LogP contribution in [0.25, 0.3) is 0 Å². The molecule has 0 aliphatic carbocycles. The molecule has 2 nitrogen and oxygen atoms in total. The molecule has 0 saturated carbocycles. The first-order valence-electron chi connectivity index (χ1n) is 5.10. The van der Waals surface area contributed by atoms with E-state index in [0.29, 0.717) is 0 Å². The average molecular weight is 317 g/mol. The highest BCUT2D eigenvalue weighted by molar-refractivity contribution is 9.11. The molecule has 0 aromatic carbocycles. The van der Waals surface area contributed by atoms with Crippen molar-refractivity contribution >= 4 is 38.6 Å². The van der Waals surface area contributed by atoms with Crippen LogP contribution in [0.5, 0.6) is 0 Å². The van der Waals surface area contributed by atoms with E-state index in [1.807, 2.05) is 13.1 Å². The van der Waals surface area contributed by atoms with Gasteiger partial charge in [-0.25, -0.2) is 4.98 Å². The van der Waals surface area contributed by atoms with Crippen molar-refractivity contribution in [2.45, 2.75) is 19.9 Å². The van der Waals surface area contributed by atoms with E-state index >= 15 is 0 Å². The molecule has 0 spiro atoms. The Kier molecular flexibility index (Phi) is 4.52. The van der Waals surface area contributed by atoms with E-state index < -0.39 is 0 Å². The van der Waals surface area contributed by atoms with Gasteiger partial charge in [0.15, 0.2) is 0 Å². The first kappa shape index (κ1) is 12.2. The normalized spacial score (nSPS) is 10.9. The largest absolute Gasteiger partial charge is 0.311 e. The van der Waals surface area contributed by atoms with E-state index in [0.717, 1.165) is 24.5 Å². The van der Waals surface area contributed by atoms with E-state index in [-0.39, 0.29) is 0 Å². The SMILES string of the molecule is Cc1ncc(CNCCc2ccc(Br)s2)s1. The summed E-state index contributed by atoms with van der Waals surface area (Å²) in [5, 5.41) is 4.57. The van der Waals surface area contributed by atoms with Crippen LogP contribution in [0.1, 0.15) is 14.8 Å². The molecule has 2 rings (SSSR count). The standard InChI is InChI=1S/C11H13BrN2S2/c1-8-14-7-10(15-8)6-13-5-4-9-2-3-11(12)16-9/h2-3,7,13H,4-6H2,1H3. The molecule has 1 N–H and O–H groups in total. The van der Waals surface area contributed by atoms with E-state index in [4.69, 9.17) is 0 Å². The number of nitrogens with one attached hydrogen (secondary N) is 1. The van der Waals surface area contributed by atoms with Gasteiger partial charge in [0.1, 0.15) is 0 Å². The Morgan fingerprint density at radius 2 is 2.19 bits per heavy atom. The number of hydrogen-bond acceptors (Lipinski definition) is 4. The Balaban J connectivity index is 1.69. The zero-order valence-electron chi connectivity index (χ0n) is 9.00. The fourth-order valence-corrected chi connectivity index (χ4v) is 3.64. The monoisotopic (exact) mass is 316 g/mol. The fraction of sp³-hybridized carbons (Fsp3) is 0.364. The quantitative estimate of drug-likeness (QED) is 0.852. The van der Waals surface area contributed by atoms with Gasteiger partial charge in [0.05, 0.1) is 8.79 Å². The Labute approximate surface area is 112 Å². The molecule has 0 saturated heterocycles. The second-order valence-corrected chi connectivity index (χ2v) is 7.35. The Hall–Kier alpha value is -0.230. The van der Waals surface area contributed by atoms with Gasteiger partial charge >= 0.3 is 0 Å². The summed E-state index contributed by atoms with van der Waals surface area (Å²) in [6.45, 7) is 3.99. The second kappa shape index (κ2) is 5.91. The van der Waals surface area contributed by atoms with E-state index in [1.165, 1.54) is 13.5 Å². The van der Waals surface area contributed by atoms with Crippen LogP contribution in [-0.2, 0) is 13.0 Å². The first-order chi connectivity index (χ1) is 7.74. The number of halogens is 1. The first-order valence-corrected chi connectivity index (χ1v) is 7.53. The van der Waals surface area contributed by atoms with Crippen molar-refractivity contribution < 1.29 is 0 Å². The Morgan fingerprint density at radius 1 is 1.31 bits per heavy atom. The third-order valence-electron chi connectivity index (χ3n) is 2.15. The third-order valence-corrected chi connectivity index (χ3v) is 4.74. The van der Waals surface area contributed by atoms with Crippen LogP contribution < -0.4 is 5.32 Å². The van der Waals surface area contributed by atoms with Crippen molar-refractivity contribution in [2.75, 3.05) is 6.54 Å². The lowest BCUT2D eigenvalue weighted by molar-refractivity contribution is 0.696. The average Bonchev–Trinajstić information content (AvgIpc) is 2.83. The fourth-order valence-electron chi connectivity index (χ4n) is 1.40. The van der Waals surface area contributed by atoms with Gasteiger partial charge in [0.25, 0.3) is 0 Å². The molecule has 5 heteroatoms. The van der Waals surface area contributed by atoms with E-state index in [2.05, 4.69) is 38.4 Å². The van der Waals surface area contributed by atoms with Gasteiger partial charge in [0.2, 0.25) is 0 Å². The van der Waals surface area contributed by atoms with Crippen molar-refractivity contribution in [3.63, 3.8) is 0 Å². The molecule has 0 aliphatic heterocycles.